The summed E-state index contributed by atoms with van der Waals surface area (Å²) in [5, 5.41) is 23.8. The van der Waals surface area contributed by atoms with Gasteiger partial charge in [-0.1, -0.05) is 30.3 Å². The molecule has 0 spiro atoms. The van der Waals surface area contributed by atoms with Crippen LogP contribution in [0.2, 0.25) is 0 Å². The highest BCUT2D eigenvalue weighted by Crippen LogP contribution is 2.47. The molecule has 0 saturated carbocycles. The minimum atomic E-state index is -0.853. The summed E-state index contributed by atoms with van der Waals surface area (Å²) >= 11 is 1.69. The number of hydrogen-bond donors (Lipinski definition) is 2. The molecule has 1 aliphatic carbocycles. The van der Waals surface area contributed by atoms with E-state index in [0.717, 1.165) is 27.6 Å². The number of fused-ring (bicyclic) bond motifs is 5. The average Bonchev–Trinajstić information content (AvgIpc) is 2.92. The maximum absolute atomic E-state index is 10.3. The molecule has 1 aliphatic rings. The third-order valence-corrected chi connectivity index (χ3v) is 4.72. The van der Waals surface area contributed by atoms with Crippen LogP contribution in [0.15, 0.2) is 47.8 Å². The lowest BCUT2D eigenvalue weighted by Crippen LogP contribution is -2.17. The van der Waals surface area contributed by atoms with E-state index in [1.54, 1.807) is 11.3 Å². The van der Waals surface area contributed by atoms with Crippen LogP contribution >= 0.6 is 11.3 Å². The van der Waals surface area contributed by atoms with Crippen molar-refractivity contribution in [3.05, 3.63) is 59.0 Å². The quantitative estimate of drug-likeness (QED) is 0.653. The van der Waals surface area contributed by atoms with Gasteiger partial charge in [0.2, 0.25) is 0 Å². The number of aliphatic hydroxyl groups excluding tert-OH is 2. The molecule has 19 heavy (non-hydrogen) atoms. The van der Waals surface area contributed by atoms with E-state index in [9.17, 15) is 10.2 Å². The molecular formula is C16H12O2S. The van der Waals surface area contributed by atoms with Crippen LogP contribution in [0.3, 0.4) is 0 Å². The normalized spacial score (nSPS) is 21.2. The van der Waals surface area contributed by atoms with E-state index in [1.807, 2.05) is 36.4 Å². The second-order valence-electron chi connectivity index (χ2n) is 4.84. The molecule has 1 aromatic heterocycles. The van der Waals surface area contributed by atoms with E-state index < -0.39 is 12.2 Å². The molecule has 2 N–H and O–H groups in total. The molecule has 0 bridgehead atoms. The maximum Gasteiger partial charge on any atom is 0.110 e. The second-order valence-corrected chi connectivity index (χ2v) is 5.79. The Morgan fingerprint density at radius 1 is 0.842 bits per heavy atom. The molecule has 2 aromatic carbocycles. The van der Waals surface area contributed by atoms with E-state index >= 15 is 0 Å². The highest BCUT2D eigenvalue weighted by Gasteiger charge is 2.31. The van der Waals surface area contributed by atoms with Crippen LogP contribution < -0.4 is 0 Å². The lowest BCUT2D eigenvalue weighted by Gasteiger charge is -2.29. The summed E-state index contributed by atoms with van der Waals surface area (Å²) in [5.74, 6) is 0. The molecule has 0 radical (unpaired) electrons. The zero-order chi connectivity index (χ0) is 13.0. The molecule has 1 heterocycles. The molecular weight excluding hydrogens is 256 g/mol. The molecule has 0 amide bonds. The first-order valence-electron chi connectivity index (χ1n) is 6.23. The first-order valence-corrected chi connectivity index (χ1v) is 7.11. The maximum atomic E-state index is 10.3. The van der Waals surface area contributed by atoms with Crippen LogP contribution in [0.4, 0.5) is 0 Å². The Bertz CT molecular complexity index is 775. The van der Waals surface area contributed by atoms with Crippen molar-refractivity contribution >= 4 is 21.4 Å². The van der Waals surface area contributed by atoms with Gasteiger partial charge in [0.25, 0.3) is 0 Å². The Labute approximate surface area is 114 Å². The molecule has 2 nitrogen and oxygen atoms in total. The molecule has 4 rings (SSSR count). The number of hydrogen-bond acceptors (Lipinski definition) is 3. The van der Waals surface area contributed by atoms with Crippen molar-refractivity contribution < 1.29 is 10.2 Å². The van der Waals surface area contributed by atoms with Gasteiger partial charge < -0.3 is 10.2 Å². The topological polar surface area (TPSA) is 40.5 Å². The van der Waals surface area contributed by atoms with Gasteiger partial charge in [-0.05, 0) is 39.8 Å². The van der Waals surface area contributed by atoms with Gasteiger partial charge in [-0.25, -0.2) is 0 Å². The summed E-state index contributed by atoms with van der Waals surface area (Å²) in [6, 6.07) is 13.8. The van der Waals surface area contributed by atoms with Gasteiger partial charge in [-0.2, -0.15) is 0 Å². The zero-order valence-corrected chi connectivity index (χ0v) is 10.9. The van der Waals surface area contributed by atoms with E-state index in [-0.39, 0.29) is 0 Å². The molecule has 0 aliphatic heterocycles. The van der Waals surface area contributed by atoms with Crippen LogP contribution in [0, 0.1) is 0 Å². The minimum Gasteiger partial charge on any atom is -0.385 e. The summed E-state index contributed by atoms with van der Waals surface area (Å²) in [4.78, 5) is 0. The first-order chi connectivity index (χ1) is 9.27. The summed E-state index contributed by atoms with van der Waals surface area (Å²) in [5.41, 5.74) is 3.71. The Kier molecular flexibility index (Phi) is 2.30. The van der Waals surface area contributed by atoms with Gasteiger partial charge >= 0.3 is 0 Å². The van der Waals surface area contributed by atoms with Crippen molar-refractivity contribution in [3.8, 4) is 11.1 Å². The van der Waals surface area contributed by atoms with Crippen molar-refractivity contribution in [2.24, 2.45) is 0 Å². The molecule has 0 fully saturated rings. The second kappa shape index (κ2) is 3.90. The van der Waals surface area contributed by atoms with E-state index in [0.29, 0.717) is 0 Å². The fraction of sp³-hybridized carbons (Fsp3) is 0.125. The van der Waals surface area contributed by atoms with Crippen LogP contribution in [0.1, 0.15) is 23.3 Å². The monoisotopic (exact) mass is 268 g/mol. The lowest BCUT2D eigenvalue weighted by atomic mass is 9.81. The van der Waals surface area contributed by atoms with Gasteiger partial charge in [0, 0.05) is 10.1 Å². The van der Waals surface area contributed by atoms with Gasteiger partial charge in [-0.15, -0.1) is 11.3 Å². The van der Waals surface area contributed by atoms with Crippen LogP contribution in [0.25, 0.3) is 21.2 Å². The smallest absolute Gasteiger partial charge is 0.110 e. The van der Waals surface area contributed by atoms with Crippen molar-refractivity contribution in [1.82, 2.24) is 0 Å². The number of benzene rings is 2. The van der Waals surface area contributed by atoms with Crippen molar-refractivity contribution in [2.45, 2.75) is 12.2 Å². The number of aliphatic hydroxyl groups is 2. The summed E-state index contributed by atoms with van der Waals surface area (Å²) in [7, 11) is 0. The van der Waals surface area contributed by atoms with Crippen molar-refractivity contribution in [3.63, 3.8) is 0 Å². The zero-order valence-electron chi connectivity index (χ0n) is 10.1. The van der Waals surface area contributed by atoms with Crippen LogP contribution in [0.5, 0.6) is 0 Å². The predicted molar refractivity (Wildman–Crippen MR) is 77.2 cm³/mol. The average molecular weight is 268 g/mol. The SMILES string of the molecule is O[C@H]1c2ccccc2-c2c(ccc3sccc23)[C@@H]1O. The van der Waals surface area contributed by atoms with Crippen LogP contribution in [-0.4, -0.2) is 10.2 Å². The van der Waals surface area contributed by atoms with Gasteiger partial charge in [0.05, 0.1) is 0 Å². The minimum absolute atomic E-state index is 0.807. The molecule has 2 atom stereocenters. The lowest BCUT2D eigenvalue weighted by molar-refractivity contribution is 0.0159. The largest absolute Gasteiger partial charge is 0.385 e. The Morgan fingerprint density at radius 3 is 2.53 bits per heavy atom. The van der Waals surface area contributed by atoms with Crippen molar-refractivity contribution in [2.75, 3.05) is 0 Å². The predicted octanol–water partition coefficient (Wildman–Crippen LogP) is 3.65. The summed E-state index contributed by atoms with van der Waals surface area (Å²) in [6.45, 7) is 0. The number of rotatable bonds is 0. The molecule has 3 heteroatoms. The van der Waals surface area contributed by atoms with Gasteiger partial charge in [0.1, 0.15) is 12.2 Å². The summed E-state index contributed by atoms with van der Waals surface area (Å²) < 4.78 is 1.21. The highest BCUT2D eigenvalue weighted by molar-refractivity contribution is 7.17. The Hall–Kier alpha value is -1.68. The highest BCUT2D eigenvalue weighted by atomic mass is 32.1. The summed E-state index contributed by atoms with van der Waals surface area (Å²) in [6.07, 6.45) is -1.70. The third-order valence-electron chi connectivity index (χ3n) is 3.83. The van der Waals surface area contributed by atoms with E-state index in [1.165, 1.54) is 4.70 Å². The number of thiophene rings is 1. The molecule has 0 unspecified atom stereocenters. The molecule has 94 valence electrons. The van der Waals surface area contributed by atoms with Gasteiger partial charge in [0.15, 0.2) is 0 Å². The van der Waals surface area contributed by atoms with E-state index in [2.05, 4.69) is 11.4 Å². The molecule has 0 saturated heterocycles. The Morgan fingerprint density at radius 2 is 1.63 bits per heavy atom. The first kappa shape index (κ1) is 11.2. The van der Waals surface area contributed by atoms with E-state index in [4.69, 9.17) is 0 Å². The van der Waals surface area contributed by atoms with Gasteiger partial charge in [-0.3, -0.25) is 0 Å². The third kappa shape index (κ3) is 1.43. The van der Waals surface area contributed by atoms with Crippen LogP contribution in [-0.2, 0) is 0 Å². The van der Waals surface area contributed by atoms with Crippen molar-refractivity contribution in [1.29, 1.82) is 0 Å². The Balaban J connectivity index is 2.16. The standard InChI is InChI=1S/C16H12O2S/c17-15-10-4-2-1-3-9(10)14-11-7-8-19-13(11)6-5-12(14)16(15)18/h1-8,15-18H/t15-,16-/m0/s1. The fourth-order valence-electron chi connectivity index (χ4n) is 2.93. The molecule has 3 aromatic rings. The fourth-order valence-corrected chi connectivity index (χ4v) is 3.73.